The van der Waals surface area contributed by atoms with Gasteiger partial charge in [-0.25, -0.2) is 0 Å². The van der Waals surface area contributed by atoms with Crippen molar-refractivity contribution in [3.05, 3.63) is 64.0 Å². The number of rotatable bonds is 3. The average Bonchev–Trinajstić information content (AvgIpc) is 3.11. The zero-order valence-electron chi connectivity index (χ0n) is 16.1. The second kappa shape index (κ2) is 9.12. The van der Waals surface area contributed by atoms with Crippen LogP contribution in [0, 0.1) is 0 Å². The summed E-state index contributed by atoms with van der Waals surface area (Å²) >= 11 is 12.9. The Balaban J connectivity index is 1.38. The van der Waals surface area contributed by atoms with E-state index in [0.29, 0.717) is 21.2 Å². The van der Waals surface area contributed by atoms with E-state index in [2.05, 4.69) is 10.6 Å². The van der Waals surface area contributed by atoms with Crippen LogP contribution in [0.3, 0.4) is 0 Å². The lowest BCUT2D eigenvalue weighted by Crippen LogP contribution is -2.35. The Bertz CT molecular complexity index is 1110. The maximum absolute atomic E-state index is 12.6. The highest BCUT2D eigenvalue weighted by Gasteiger charge is 2.19. The number of amides is 2. The molecule has 0 saturated carbocycles. The second-order valence-corrected chi connectivity index (χ2v) is 8.92. The van der Waals surface area contributed by atoms with Gasteiger partial charge in [0.05, 0.1) is 5.02 Å². The van der Waals surface area contributed by atoms with Gasteiger partial charge in [-0.15, -0.1) is 11.3 Å². The van der Waals surface area contributed by atoms with Crippen molar-refractivity contribution in [2.75, 3.05) is 18.4 Å². The van der Waals surface area contributed by atoms with Crippen molar-refractivity contribution in [1.29, 1.82) is 0 Å². The first-order valence-electron chi connectivity index (χ1n) is 9.71. The smallest absolute Gasteiger partial charge is 0.269 e. The van der Waals surface area contributed by atoms with E-state index in [1.165, 1.54) is 17.8 Å². The summed E-state index contributed by atoms with van der Waals surface area (Å²) in [6.45, 7) is 1.63. The molecule has 0 radical (unpaired) electrons. The highest BCUT2D eigenvalue weighted by Crippen LogP contribution is 2.35. The minimum absolute atomic E-state index is 0.0523. The quantitative estimate of drug-likeness (QED) is 0.523. The summed E-state index contributed by atoms with van der Waals surface area (Å²) in [5, 5.41) is 7.09. The summed E-state index contributed by atoms with van der Waals surface area (Å²) < 4.78 is 0.945. The molecule has 0 bridgehead atoms. The Hall–Kier alpha value is -2.48. The van der Waals surface area contributed by atoms with E-state index >= 15 is 0 Å². The minimum Gasteiger partial charge on any atom is -0.339 e. The summed E-state index contributed by atoms with van der Waals surface area (Å²) in [6, 6.07) is 14.7. The zero-order chi connectivity index (χ0) is 21.1. The maximum Gasteiger partial charge on any atom is 0.269 e. The van der Waals surface area contributed by atoms with E-state index in [1.54, 1.807) is 24.3 Å². The zero-order valence-corrected chi connectivity index (χ0v) is 18.5. The molecule has 0 atom stereocenters. The van der Waals surface area contributed by atoms with Crippen LogP contribution in [0.5, 0.6) is 0 Å². The van der Waals surface area contributed by atoms with Gasteiger partial charge in [-0.2, -0.15) is 0 Å². The molecule has 1 saturated heterocycles. The molecule has 2 heterocycles. The van der Waals surface area contributed by atoms with Crippen molar-refractivity contribution in [2.45, 2.75) is 19.3 Å². The predicted octanol–water partition coefficient (Wildman–Crippen LogP) is 5.31. The van der Waals surface area contributed by atoms with Crippen LogP contribution >= 0.6 is 35.2 Å². The summed E-state index contributed by atoms with van der Waals surface area (Å²) in [5.41, 5.74) is 1.34. The number of nitrogens with one attached hydrogen (secondary N) is 2. The molecular weight excluding hydrogens is 438 g/mol. The number of thiocarbonyl (C=S) groups is 1. The predicted molar refractivity (Wildman–Crippen MR) is 127 cm³/mol. The number of anilines is 1. The third-order valence-electron chi connectivity index (χ3n) is 5.00. The van der Waals surface area contributed by atoms with Crippen molar-refractivity contribution in [1.82, 2.24) is 10.2 Å². The topological polar surface area (TPSA) is 61.4 Å². The number of likely N-dealkylation sites (tertiary alicyclic amines) is 1. The van der Waals surface area contributed by atoms with Crippen molar-refractivity contribution in [3.8, 4) is 0 Å². The van der Waals surface area contributed by atoms with Crippen LogP contribution in [0.15, 0.2) is 48.5 Å². The van der Waals surface area contributed by atoms with E-state index in [9.17, 15) is 9.59 Å². The summed E-state index contributed by atoms with van der Waals surface area (Å²) in [6.07, 6.45) is 3.30. The molecule has 154 valence electrons. The number of carbonyl (C=O) groups is 2. The molecule has 0 unspecified atom stereocenters. The van der Waals surface area contributed by atoms with Gasteiger partial charge in [0.25, 0.3) is 11.8 Å². The Morgan fingerprint density at radius 2 is 1.70 bits per heavy atom. The number of nitrogens with zero attached hydrogens (tertiary/aromatic N) is 1. The van der Waals surface area contributed by atoms with E-state index in [1.807, 2.05) is 29.2 Å². The molecule has 0 spiro atoms. The molecule has 2 N–H and O–H groups in total. The third-order valence-corrected chi connectivity index (χ3v) is 6.88. The fourth-order valence-electron chi connectivity index (χ4n) is 3.46. The van der Waals surface area contributed by atoms with Crippen LogP contribution in [0.2, 0.25) is 5.02 Å². The fourth-order valence-corrected chi connectivity index (χ4v) is 5.08. The standard InChI is InChI=1S/C22H20ClN3O2S2/c23-18-16-6-2-3-7-17(16)30-19(18)20(27)25-22(29)24-15-10-8-14(9-11-15)21(28)26-12-4-1-5-13-26/h2-3,6-11H,1,4-5,12-13H2,(H2,24,25,27,29). The van der Waals surface area contributed by atoms with Crippen LogP contribution in [0.1, 0.15) is 39.3 Å². The molecule has 1 aliphatic rings. The van der Waals surface area contributed by atoms with Crippen LogP contribution in [0.4, 0.5) is 5.69 Å². The summed E-state index contributed by atoms with van der Waals surface area (Å²) in [4.78, 5) is 27.5. The molecule has 2 amide bonds. The Labute approximate surface area is 189 Å². The number of halogens is 1. The van der Waals surface area contributed by atoms with Crippen LogP contribution in [0.25, 0.3) is 10.1 Å². The molecule has 2 aromatic carbocycles. The molecular formula is C22H20ClN3O2S2. The SMILES string of the molecule is O=C(NC(=S)Nc1ccc(C(=O)N2CCCCC2)cc1)c1sc2ccccc2c1Cl. The highest BCUT2D eigenvalue weighted by atomic mass is 35.5. The molecule has 1 aromatic heterocycles. The molecule has 30 heavy (non-hydrogen) atoms. The molecule has 0 aliphatic carbocycles. The van der Waals surface area contributed by atoms with E-state index in [-0.39, 0.29) is 16.9 Å². The Kier molecular flexibility index (Phi) is 6.32. The van der Waals surface area contributed by atoms with Crippen molar-refractivity contribution < 1.29 is 9.59 Å². The first kappa shape index (κ1) is 20.8. The van der Waals surface area contributed by atoms with Gasteiger partial charge in [0.2, 0.25) is 0 Å². The number of hydrogen-bond donors (Lipinski definition) is 2. The lowest BCUT2D eigenvalue weighted by molar-refractivity contribution is 0.0724. The summed E-state index contributed by atoms with van der Waals surface area (Å²) in [5.74, 6) is -0.299. The first-order chi connectivity index (χ1) is 14.5. The van der Waals surface area contributed by atoms with Crippen molar-refractivity contribution in [2.24, 2.45) is 0 Å². The van der Waals surface area contributed by atoms with E-state index in [4.69, 9.17) is 23.8 Å². The summed E-state index contributed by atoms with van der Waals surface area (Å²) in [7, 11) is 0. The normalized spacial score (nSPS) is 13.8. The van der Waals surface area contributed by atoms with Gasteiger partial charge in [-0.05, 0) is 61.8 Å². The van der Waals surface area contributed by atoms with Crippen LogP contribution in [-0.2, 0) is 0 Å². The molecule has 3 aromatic rings. The Morgan fingerprint density at radius 1 is 1.00 bits per heavy atom. The fraction of sp³-hybridized carbons (Fsp3) is 0.227. The monoisotopic (exact) mass is 457 g/mol. The maximum atomic E-state index is 12.6. The van der Waals surface area contributed by atoms with Gasteiger partial charge in [-0.1, -0.05) is 29.8 Å². The van der Waals surface area contributed by atoms with Gasteiger partial charge in [0, 0.05) is 34.4 Å². The largest absolute Gasteiger partial charge is 0.339 e. The van der Waals surface area contributed by atoms with E-state index < -0.39 is 0 Å². The minimum atomic E-state index is -0.351. The second-order valence-electron chi connectivity index (χ2n) is 7.08. The number of piperidine rings is 1. The van der Waals surface area contributed by atoms with Gasteiger partial charge < -0.3 is 10.2 Å². The number of fused-ring (bicyclic) bond motifs is 1. The van der Waals surface area contributed by atoms with Crippen molar-refractivity contribution in [3.63, 3.8) is 0 Å². The number of thiophene rings is 1. The highest BCUT2D eigenvalue weighted by molar-refractivity contribution is 7.80. The average molecular weight is 458 g/mol. The van der Waals surface area contributed by atoms with Crippen LogP contribution < -0.4 is 10.6 Å². The molecule has 4 rings (SSSR count). The van der Waals surface area contributed by atoms with Gasteiger partial charge in [0.1, 0.15) is 4.88 Å². The number of hydrogen-bond acceptors (Lipinski definition) is 4. The van der Waals surface area contributed by atoms with Gasteiger partial charge in [-0.3, -0.25) is 14.9 Å². The van der Waals surface area contributed by atoms with Crippen molar-refractivity contribution >= 4 is 67.9 Å². The lowest BCUT2D eigenvalue weighted by atomic mass is 10.1. The van der Waals surface area contributed by atoms with Gasteiger partial charge in [0.15, 0.2) is 5.11 Å². The Morgan fingerprint density at radius 3 is 2.40 bits per heavy atom. The number of carbonyl (C=O) groups excluding carboxylic acids is 2. The first-order valence-corrected chi connectivity index (χ1v) is 11.3. The van der Waals surface area contributed by atoms with Gasteiger partial charge >= 0.3 is 0 Å². The van der Waals surface area contributed by atoms with Crippen LogP contribution in [-0.4, -0.2) is 34.9 Å². The molecule has 1 fully saturated rings. The molecule has 5 nitrogen and oxygen atoms in total. The third kappa shape index (κ3) is 4.48. The molecule has 8 heteroatoms. The number of benzene rings is 2. The van der Waals surface area contributed by atoms with E-state index in [0.717, 1.165) is 36.0 Å². The lowest BCUT2D eigenvalue weighted by Gasteiger charge is -2.26. The molecule has 1 aliphatic heterocycles.